The lowest BCUT2D eigenvalue weighted by molar-refractivity contribution is -0.137. The summed E-state index contributed by atoms with van der Waals surface area (Å²) in [6.07, 6.45) is 9.21. The molecule has 0 saturated heterocycles. The summed E-state index contributed by atoms with van der Waals surface area (Å²) in [5.74, 6) is 1.56. The fraction of sp³-hybridized carbons (Fsp3) is 0.800. The molecule has 1 amide bonds. The van der Waals surface area contributed by atoms with E-state index >= 15 is 0 Å². The average Bonchev–Trinajstić information content (AvgIpc) is 3.38. The van der Waals surface area contributed by atoms with Crippen LogP contribution in [0.2, 0.25) is 0 Å². The summed E-state index contributed by atoms with van der Waals surface area (Å²) < 4.78 is 11.5. The molecule has 1 aromatic rings. The predicted molar refractivity (Wildman–Crippen MR) is 124 cm³/mol. The molecule has 5 saturated carbocycles. The summed E-state index contributed by atoms with van der Waals surface area (Å²) >= 11 is 1.62. The van der Waals surface area contributed by atoms with Crippen LogP contribution in [0.25, 0.3) is 0 Å². The number of amides is 1. The number of hydrogen-bond donors (Lipinski definition) is 2. The first-order chi connectivity index (χ1) is 15.6. The first kappa shape index (κ1) is 23.2. The topological polar surface area (TPSA) is 102 Å². The smallest absolute Gasteiger partial charge is 0.291 e. The molecule has 4 bridgehead atoms. The highest BCUT2D eigenvalue weighted by Gasteiger charge is 2.55. The van der Waals surface area contributed by atoms with Crippen LogP contribution < -0.4 is 10.1 Å². The number of carbonyl (C=O) groups excluding carboxylic acids is 2. The van der Waals surface area contributed by atoms with E-state index in [4.69, 9.17) is 9.26 Å². The predicted octanol–water partition coefficient (Wildman–Crippen LogP) is 4.37. The number of carbonyl (C=O) groups is 2. The zero-order valence-electron chi connectivity index (χ0n) is 19.9. The monoisotopic (exact) mass is 476 g/mol. The van der Waals surface area contributed by atoms with Gasteiger partial charge < -0.3 is 19.7 Å². The third-order valence-electron chi connectivity index (χ3n) is 8.47. The zero-order valence-corrected chi connectivity index (χ0v) is 20.7. The second kappa shape index (κ2) is 8.59. The van der Waals surface area contributed by atoms with E-state index < -0.39 is 11.0 Å². The van der Waals surface area contributed by atoms with E-state index in [-0.39, 0.29) is 30.1 Å². The van der Waals surface area contributed by atoms with Gasteiger partial charge in [-0.15, -0.1) is 11.8 Å². The lowest BCUT2D eigenvalue weighted by atomic mass is 9.52. The molecule has 0 aromatic carbocycles. The van der Waals surface area contributed by atoms with Crippen LogP contribution in [0.5, 0.6) is 5.88 Å². The Kier molecular flexibility index (Phi) is 6.05. The number of aromatic nitrogens is 1. The average molecular weight is 477 g/mol. The molecule has 2 atom stereocenters. The van der Waals surface area contributed by atoms with Crippen molar-refractivity contribution >= 4 is 23.5 Å². The Morgan fingerprint density at radius 1 is 1.21 bits per heavy atom. The molecule has 0 radical (unpaired) electrons. The molecule has 182 valence electrons. The lowest BCUT2D eigenvalue weighted by Crippen LogP contribution is -2.61. The fourth-order valence-corrected chi connectivity index (χ4v) is 7.90. The number of hydrogen-bond acceptors (Lipinski definition) is 7. The van der Waals surface area contributed by atoms with Crippen LogP contribution in [-0.2, 0) is 4.79 Å². The quantitative estimate of drug-likeness (QED) is 0.574. The maximum atomic E-state index is 13.4. The van der Waals surface area contributed by atoms with Crippen LogP contribution in [0.1, 0.15) is 89.1 Å². The third kappa shape index (κ3) is 4.57. The van der Waals surface area contributed by atoms with Gasteiger partial charge in [-0.2, -0.15) is 0 Å². The third-order valence-corrected chi connectivity index (χ3v) is 9.88. The normalized spacial score (nSPS) is 33.5. The van der Waals surface area contributed by atoms with E-state index in [1.807, 2.05) is 13.8 Å². The SMILES string of the molecule is CC(=O)C(C)(C)COc1noc(C(=O)NC2C3CC4CC2CC(O)(C4)C3)c1SC1CCCC1. The number of ketones is 1. The van der Waals surface area contributed by atoms with Crippen LogP contribution in [0.15, 0.2) is 9.42 Å². The molecule has 33 heavy (non-hydrogen) atoms. The number of thioether (sulfide) groups is 1. The van der Waals surface area contributed by atoms with Gasteiger partial charge in [-0.05, 0) is 88.6 Å². The molecular weight excluding hydrogens is 440 g/mol. The number of nitrogens with zero attached hydrogens (tertiary/aromatic N) is 1. The van der Waals surface area contributed by atoms with Crippen molar-refractivity contribution in [2.45, 2.75) is 100 Å². The molecular formula is C25H36N2O5S. The van der Waals surface area contributed by atoms with Crippen molar-refractivity contribution in [3.05, 3.63) is 5.76 Å². The summed E-state index contributed by atoms with van der Waals surface area (Å²) in [5, 5.41) is 18.6. The number of Topliss-reactive ketones (excluding diaryl/α,β-unsaturated/α-hetero) is 1. The van der Waals surface area contributed by atoms with Gasteiger partial charge in [-0.3, -0.25) is 9.59 Å². The number of rotatable bonds is 8. The summed E-state index contributed by atoms with van der Waals surface area (Å²) in [4.78, 5) is 26.0. The highest BCUT2D eigenvalue weighted by Crippen LogP contribution is 2.55. The minimum atomic E-state index is -0.642. The van der Waals surface area contributed by atoms with Crippen molar-refractivity contribution in [1.82, 2.24) is 10.5 Å². The molecule has 0 aliphatic heterocycles. The van der Waals surface area contributed by atoms with Crippen molar-refractivity contribution < 1.29 is 24.0 Å². The summed E-state index contributed by atoms with van der Waals surface area (Å²) in [7, 11) is 0. The highest BCUT2D eigenvalue weighted by molar-refractivity contribution is 8.00. The van der Waals surface area contributed by atoms with Gasteiger partial charge in [0.1, 0.15) is 17.3 Å². The van der Waals surface area contributed by atoms with Gasteiger partial charge in [0.05, 0.1) is 11.0 Å². The molecule has 1 heterocycles. The Labute approximate surface area is 199 Å². The van der Waals surface area contributed by atoms with Crippen molar-refractivity contribution in [3.63, 3.8) is 0 Å². The molecule has 2 N–H and O–H groups in total. The Hall–Kier alpha value is -1.54. The van der Waals surface area contributed by atoms with Crippen LogP contribution in [-0.4, -0.2) is 45.5 Å². The van der Waals surface area contributed by atoms with Gasteiger partial charge in [-0.25, -0.2) is 0 Å². The Morgan fingerprint density at radius 2 is 1.88 bits per heavy atom. The van der Waals surface area contributed by atoms with Crippen LogP contribution in [0.3, 0.4) is 0 Å². The van der Waals surface area contributed by atoms with Crippen molar-refractivity contribution in [1.29, 1.82) is 0 Å². The van der Waals surface area contributed by atoms with Crippen LogP contribution in [0.4, 0.5) is 0 Å². The molecule has 5 aliphatic rings. The van der Waals surface area contributed by atoms with Crippen LogP contribution in [0, 0.1) is 23.2 Å². The van der Waals surface area contributed by atoms with E-state index in [1.165, 1.54) is 12.8 Å². The maximum Gasteiger partial charge on any atom is 0.291 e. The second-order valence-corrected chi connectivity index (χ2v) is 12.9. The summed E-state index contributed by atoms with van der Waals surface area (Å²) in [6, 6.07) is 0.0739. The van der Waals surface area contributed by atoms with Crippen molar-refractivity contribution in [3.8, 4) is 5.88 Å². The Morgan fingerprint density at radius 3 is 2.48 bits per heavy atom. The Bertz CT molecular complexity index is 906. The summed E-state index contributed by atoms with van der Waals surface area (Å²) in [5.41, 5.74) is -1.17. The maximum absolute atomic E-state index is 13.4. The number of aliphatic hydroxyl groups is 1. The Balaban J connectivity index is 1.34. The standard InChI is InChI=1S/C25H36N2O5S/c1-14(28)24(2,3)13-31-23-21(33-18-6-4-5-7-18)20(32-27-23)22(29)26-19-16-8-15-9-17(19)12-25(30,10-15)11-16/h15-19,30H,4-13H2,1-3H3,(H,26,29). The first-order valence-electron chi connectivity index (χ1n) is 12.5. The van der Waals surface area contributed by atoms with Crippen molar-refractivity contribution in [2.24, 2.45) is 23.2 Å². The molecule has 5 aliphatic carbocycles. The minimum absolute atomic E-state index is 0.0394. The molecule has 7 nitrogen and oxygen atoms in total. The van der Waals surface area contributed by atoms with E-state index in [2.05, 4.69) is 10.5 Å². The van der Waals surface area contributed by atoms with Gasteiger partial charge in [0.25, 0.3) is 11.8 Å². The molecule has 5 fully saturated rings. The van der Waals surface area contributed by atoms with Gasteiger partial charge in [0.2, 0.25) is 5.76 Å². The lowest BCUT2D eigenvalue weighted by Gasteiger charge is -2.58. The van der Waals surface area contributed by atoms with Gasteiger partial charge in [-0.1, -0.05) is 12.8 Å². The van der Waals surface area contributed by atoms with E-state index in [1.54, 1.807) is 18.7 Å². The number of nitrogens with one attached hydrogen (secondary N) is 1. The van der Waals surface area contributed by atoms with E-state index in [0.29, 0.717) is 33.8 Å². The molecule has 1 aromatic heterocycles. The minimum Gasteiger partial charge on any atom is -0.474 e. The second-order valence-electron chi connectivity index (χ2n) is 11.6. The molecule has 8 heteroatoms. The van der Waals surface area contributed by atoms with Gasteiger partial charge in [0, 0.05) is 11.3 Å². The van der Waals surface area contributed by atoms with E-state index in [9.17, 15) is 14.7 Å². The van der Waals surface area contributed by atoms with Gasteiger partial charge in [0.15, 0.2) is 0 Å². The van der Waals surface area contributed by atoms with Gasteiger partial charge >= 0.3 is 0 Å². The zero-order chi connectivity index (χ0) is 23.4. The highest BCUT2D eigenvalue weighted by atomic mass is 32.2. The molecule has 0 spiro atoms. The largest absolute Gasteiger partial charge is 0.474 e. The van der Waals surface area contributed by atoms with Crippen molar-refractivity contribution in [2.75, 3.05) is 6.61 Å². The number of ether oxygens (including phenoxy) is 1. The van der Waals surface area contributed by atoms with Crippen LogP contribution >= 0.6 is 11.8 Å². The first-order valence-corrected chi connectivity index (χ1v) is 13.3. The molecule has 2 unspecified atom stereocenters. The molecule has 6 rings (SSSR count). The fourth-order valence-electron chi connectivity index (χ4n) is 6.56. The summed E-state index contributed by atoms with van der Waals surface area (Å²) in [6.45, 7) is 5.42. The van der Waals surface area contributed by atoms with E-state index in [0.717, 1.165) is 44.9 Å².